The van der Waals surface area contributed by atoms with Gasteiger partial charge in [0.05, 0.1) is 18.3 Å². The first-order valence-electron chi connectivity index (χ1n) is 7.53. The lowest BCUT2D eigenvalue weighted by Crippen LogP contribution is -2.49. The fraction of sp³-hybridized carbons (Fsp3) is 0.438. The third-order valence-electron chi connectivity index (χ3n) is 4.66. The summed E-state index contributed by atoms with van der Waals surface area (Å²) in [5.74, 6) is 0.866. The van der Waals surface area contributed by atoms with Crippen LogP contribution < -0.4 is 4.90 Å². The molecule has 1 N–H and O–H groups in total. The SMILES string of the molecule is C=C(O)c1cnn(Cc2cnc(N3CC4(CC4)C3)nc2C)c1. The monoisotopic (exact) mass is 297 g/mol. The van der Waals surface area contributed by atoms with E-state index in [-0.39, 0.29) is 5.76 Å². The summed E-state index contributed by atoms with van der Waals surface area (Å²) in [7, 11) is 0. The Morgan fingerprint density at radius 1 is 1.36 bits per heavy atom. The van der Waals surface area contributed by atoms with Gasteiger partial charge in [-0.15, -0.1) is 0 Å². The van der Waals surface area contributed by atoms with Crippen LogP contribution in [0.1, 0.15) is 29.7 Å². The first kappa shape index (κ1) is 13.3. The Hall–Kier alpha value is -2.37. The van der Waals surface area contributed by atoms with Gasteiger partial charge in [0, 0.05) is 42.2 Å². The second kappa shape index (κ2) is 4.56. The molecular formula is C16H19N5O. The molecule has 1 aliphatic carbocycles. The Bertz CT molecular complexity index is 739. The maximum absolute atomic E-state index is 9.36. The summed E-state index contributed by atoms with van der Waals surface area (Å²) in [6.45, 7) is 8.30. The van der Waals surface area contributed by atoms with Crippen molar-refractivity contribution in [1.82, 2.24) is 19.7 Å². The molecule has 0 radical (unpaired) electrons. The first-order valence-corrected chi connectivity index (χ1v) is 7.53. The Kier molecular flexibility index (Phi) is 2.76. The van der Waals surface area contributed by atoms with Crippen molar-refractivity contribution in [2.45, 2.75) is 26.3 Å². The molecule has 2 fully saturated rings. The summed E-state index contributed by atoms with van der Waals surface area (Å²) in [5.41, 5.74) is 3.24. The number of aliphatic hydroxyl groups is 1. The van der Waals surface area contributed by atoms with E-state index in [9.17, 15) is 5.11 Å². The third-order valence-corrected chi connectivity index (χ3v) is 4.66. The molecule has 6 heteroatoms. The largest absolute Gasteiger partial charge is 0.508 e. The Labute approximate surface area is 129 Å². The molecule has 1 saturated heterocycles. The van der Waals surface area contributed by atoms with Crippen LogP contribution in [0.25, 0.3) is 5.76 Å². The van der Waals surface area contributed by atoms with Crippen LogP contribution in [0.4, 0.5) is 5.95 Å². The zero-order chi connectivity index (χ0) is 15.3. The molecule has 1 saturated carbocycles. The predicted molar refractivity (Wildman–Crippen MR) is 83.6 cm³/mol. The predicted octanol–water partition coefficient (Wildman–Crippen LogP) is 2.16. The molecule has 6 nitrogen and oxygen atoms in total. The minimum atomic E-state index is 0.0290. The Balaban J connectivity index is 1.48. The molecule has 2 aliphatic rings. The molecular weight excluding hydrogens is 278 g/mol. The number of anilines is 1. The number of rotatable bonds is 4. The minimum absolute atomic E-state index is 0.0290. The Morgan fingerprint density at radius 3 is 2.73 bits per heavy atom. The van der Waals surface area contributed by atoms with E-state index in [1.165, 1.54) is 12.8 Å². The zero-order valence-corrected chi connectivity index (χ0v) is 12.7. The van der Waals surface area contributed by atoms with Gasteiger partial charge in [0.15, 0.2) is 0 Å². The molecule has 0 aromatic carbocycles. The van der Waals surface area contributed by atoms with E-state index in [1.807, 2.05) is 13.1 Å². The number of aliphatic hydroxyl groups excluding tert-OH is 1. The lowest BCUT2D eigenvalue weighted by atomic mass is 9.98. The highest BCUT2D eigenvalue weighted by Crippen LogP contribution is 2.53. The van der Waals surface area contributed by atoms with Gasteiger partial charge in [0.1, 0.15) is 5.76 Å². The van der Waals surface area contributed by atoms with Crippen molar-refractivity contribution in [3.05, 3.63) is 42.0 Å². The van der Waals surface area contributed by atoms with E-state index in [0.29, 0.717) is 17.5 Å². The summed E-state index contributed by atoms with van der Waals surface area (Å²) in [5, 5.41) is 13.6. The van der Waals surface area contributed by atoms with Crippen LogP contribution >= 0.6 is 0 Å². The minimum Gasteiger partial charge on any atom is -0.508 e. The number of aryl methyl sites for hydroxylation is 1. The van der Waals surface area contributed by atoms with Crippen LogP contribution in [0.5, 0.6) is 0 Å². The van der Waals surface area contributed by atoms with Crippen molar-refractivity contribution in [2.24, 2.45) is 5.41 Å². The lowest BCUT2D eigenvalue weighted by Gasteiger charge is -2.40. The zero-order valence-electron chi connectivity index (χ0n) is 12.7. The quantitative estimate of drug-likeness (QED) is 0.876. The summed E-state index contributed by atoms with van der Waals surface area (Å²) in [4.78, 5) is 11.4. The molecule has 0 unspecified atom stereocenters. The van der Waals surface area contributed by atoms with Crippen LogP contribution in [-0.2, 0) is 6.54 Å². The van der Waals surface area contributed by atoms with Gasteiger partial charge in [0.25, 0.3) is 0 Å². The van der Waals surface area contributed by atoms with Gasteiger partial charge in [-0.2, -0.15) is 5.10 Å². The fourth-order valence-corrected chi connectivity index (χ4v) is 2.96. The smallest absolute Gasteiger partial charge is 0.225 e. The van der Waals surface area contributed by atoms with E-state index in [0.717, 1.165) is 30.3 Å². The van der Waals surface area contributed by atoms with Gasteiger partial charge >= 0.3 is 0 Å². The van der Waals surface area contributed by atoms with Gasteiger partial charge in [0.2, 0.25) is 5.95 Å². The van der Waals surface area contributed by atoms with Crippen LogP contribution in [0.2, 0.25) is 0 Å². The standard InChI is InChI=1S/C16H19N5O/c1-11-13(7-21-8-14(6-18-21)12(2)22)5-17-15(19-11)20-9-16(10-20)3-4-16/h5-6,8,22H,2-4,7,9-10H2,1H3. The van der Waals surface area contributed by atoms with Crippen molar-refractivity contribution >= 4 is 11.7 Å². The number of hydrogen-bond acceptors (Lipinski definition) is 5. The topological polar surface area (TPSA) is 67.1 Å². The van der Waals surface area contributed by atoms with E-state index < -0.39 is 0 Å². The van der Waals surface area contributed by atoms with E-state index in [4.69, 9.17) is 0 Å². The summed E-state index contributed by atoms with van der Waals surface area (Å²) in [6, 6.07) is 0. The summed E-state index contributed by atoms with van der Waals surface area (Å²) >= 11 is 0. The number of hydrogen-bond donors (Lipinski definition) is 1. The average Bonchev–Trinajstić information content (AvgIpc) is 3.11. The highest BCUT2D eigenvalue weighted by molar-refractivity contribution is 5.53. The molecule has 2 aromatic heterocycles. The maximum Gasteiger partial charge on any atom is 0.225 e. The highest BCUT2D eigenvalue weighted by atomic mass is 16.3. The molecule has 3 heterocycles. The molecule has 114 valence electrons. The average molecular weight is 297 g/mol. The first-order chi connectivity index (χ1) is 10.5. The second-order valence-electron chi connectivity index (χ2n) is 6.51. The molecule has 0 atom stereocenters. The van der Waals surface area contributed by atoms with Gasteiger partial charge in [-0.3, -0.25) is 4.68 Å². The van der Waals surface area contributed by atoms with E-state index in [1.54, 1.807) is 17.1 Å². The molecule has 0 bridgehead atoms. The molecule has 4 rings (SSSR count). The molecule has 0 amide bonds. The number of nitrogens with zero attached hydrogens (tertiary/aromatic N) is 5. The molecule has 2 aromatic rings. The molecule has 22 heavy (non-hydrogen) atoms. The fourth-order valence-electron chi connectivity index (χ4n) is 2.96. The number of aromatic nitrogens is 4. The van der Waals surface area contributed by atoms with Crippen molar-refractivity contribution in [2.75, 3.05) is 18.0 Å². The van der Waals surface area contributed by atoms with Crippen LogP contribution in [0.3, 0.4) is 0 Å². The second-order valence-corrected chi connectivity index (χ2v) is 6.51. The van der Waals surface area contributed by atoms with Gasteiger partial charge in [-0.05, 0) is 19.8 Å². The Morgan fingerprint density at radius 2 is 2.14 bits per heavy atom. The maximum atomic E-state index is 9.36. The molecule has 1 aliphatic heterocycles. The van der Waals surface area contributed by atoms with Crippen LogP contribution in [-0.4, -0.2) is 37.9 Å². The van der Waals surface area contributed by atoms with Crippen molar-refractivity contribution in [3.63, 3.8) is 0 Å². The van der Waals surface area contributed by atoms with Gasteiger partial charge in [-0.25, -0.2) is 9.97 Å². The summed E-state index contributed by atoms with van der Waals surface area (Å²) < 4.78 is 1.75. The normalized spacial score (nSPS) is 18.3. The van der Waals surface area contributed by atoms with Crippen LogP contribution in [0, 0.1) is 12.3 Å². The van der Waals surface area contributed by atoms with Crippen molar-refractivity contribution < 1.29 is 5.11 Å². The van der Waals surface area contributed by atoms with E-state index in [2.05, 4.69) is 26.5 Å². The van der Waals surface area contributed by atoms with Crippen molar-refractivity contribution in [1.29, 1.82) is 0 Å². The highest BCUT2D eigenvalue weighted by Gasteiger charge is 2.53. The van der Waals surface area contributed by atoms with Crippen molar-refractivity contribution in [3.8, 4) is 0 Å². The lowest BCUT2D eigenvalue weighted by molar-refractivity contribution is 0.380. The van der Waals surface area contributed by atoms with Crippen LogP contribution in [0.15, 0.2) is 25.2 Å². The third kappa shape index (κ3) is 2.24. The van der Waals surface area contributed by atoms with Gasteiger partial charge < -0.3 is 10.0 Å². The summed E-state index contributed by atoms with van der Waals surface area (Å²) in [6.07, 6.45) is 7.96. The van der Waals surface area contributed by atoms with Gasteiger partial charge in [-0.1, -0.05) is 6.58 Å². The van der Waals surface area contributed by atoms with E-state index >= 15 is 0 Å². The molecule has 1 spiro atoms.